The molecule has 1 atom stereocenters. The van der Waals surface area contributed by atoms with Crippen LogP contribution in [0.1, 0.15) is 6.42 Å². The molecule has 5 rings (SSSR count). The molecule has 2 amide bonds. The second kappa shape index (κ2) is 10.7. The third-order valence-corrected chi connectivity index (χ3v) is 7.00. The molecule has 1 unspecified atom stereocenters. The molecule has 2 aliphatic rings. The van der Waals surface area contributed by atoms with E-state index in [-0.39, 0.29) is 18.2 Å². The van der Waals surface area contributed by atoms with Crippen molar-refractivity contribution in [1.29, 1.82) is 0 Å². The van der Waals surface area contributed by atoms with E-state index in [9.17, 15) is 9.59 Å². The average molecular weight is 512 g/mol. The van der Waals surface area contributed by atoms with E-state index in [1.54, 1.807) is 35.0 Å². The van der Waals surface area contributed by atoms with Gasteiger partial charge in [0.2, 0.25) is 11.8 Å². The van der Waals surface area contributed by atoms with Crippen LogP contribution >= 0.6 is 11.8 Å². The van der Waals surface area contributed by atoms with E-state index in [1.165, 1.54) is 11.8 Å². The number of amides is 2. The highest BCUT2D eigenvalue weighted by Crippen LogP contribution is 2.28. The van der Waals surface area contributed by atoms with Gasteiger partial charge in [-0.15, -0.1) is 0 Å². The summed E-state index contributed by atoms with van der Waals surface area (Å²) in [5.41, 5.74) is 1.51. The molecule has 36 heavy (non-hydrogen) atoms. The first-order valence-electron chi connectivity index (χ1n) is 11.9. The maximum absolute atomic E-state index is 12.8. The van der Waals surface area contributed by atoms with Crippen molar-refractivity contribution in [2.75, 3.05) is 62.6 Å². The van der Waals surface area contributed by atoms with Gasteiger partial charge in [-0.25, -0.2) is 14.6 Å². The summed E-state index contributed by atoms with van der Waals surface area (Å²) in [6.45, 7) is 4.08. The first kappa shape index (κ1) is 24.3. The molecule has 11 nitrogen and oxygen atoms in total. The summed E-state index contributed by atoms with van der Waals surface area (Å²) in [7, 11) is 1.60. The van der Waals surface area contributed by atoms with Crippen molar-refractivity contribution in [3.8, 4) is 5.75 Å². The van der Waals surface area contributed by atoms with Crippen molar-refractivity contribution in [2.45, 2.75) is 18.1 Å². The van der Waals surface area contributed by atoms with Crippen molar-refractivity contribution < 1.29 is 19.1 Å². The quantitative estimate of drug-likeness (QED) is 0.355. The van der Waals surface area contributed by atoms with E-state index in [0.717, 1.165) is 41.4 Å². The van der Waals surface area contributed by atoms with Gasteiger partial charge in [0.15, 0.2) is 10.8 Å². The zero-order chi connectivity index (χ0) is 25.1. The molecule has 1 N–H and O–H groups in total. The maximum atomic E-state index is 12.8. The SMILES string of the molecule is COc1ccc(N2CC(C(=O)NCCn3ncc4c(N5CCOCC5)nc(SC)nc43)CC2=O)cc1. The third kappa shape index (κ3) is 4.96. The number of carbonyl (C=O) groups excluding carboxylic acids is 2. The number of rotatable bonds is 8. The Morgan fingerprint density at radius 3 is 2.72 bits per heavy atom. The van der Waals surface area contributed by atoms with E-state index < -0.39 is 5.92 Å². The third-order valence-electron chi connectivity index (χ3n) is 6.45. The van der Waals surface area contributed by atoms with Gasteiger partial charge >= 0.3 is 0 Å². The lowest BCUT2D eigenvalue weighted by Crippen LogP contribution is -2.37. The summed E-state index contributed by atoms with van der Waals surface area (Å²) in [4.78, 5) is 38.6. The largest absolute Gasteiger partial charge is 0.497 e. The molecule has 1 aromatic carbocycles. The number of nitrogens with zero attached hydrogens (tertiary/aromatic N) is 6. The van der Waals surface area contributed by atoms with Crippen LogP contribution in [-0.2, 0) is 20.9 Å². The Bertz CT molecular complexity index is 1240. The monoisotopic (exact) mass is 511 g/mol. The Balaban J connectivity index is 1.22. The molecule has 0 saturated carbocycles. The van der Waals surface area contributed by atoms with Crippen molar-refractivity contribution in [1.82, 2.24) is 25.1 Å². The lowest BCUT2D eigenvalue weighted by molar-refractivity contribution is -0.126. The Morgan fingerprint density at radius 1 is 1.22 bits per heavy atom. The van der Waals surface area contributed by atoms with Gasteiger partial charge in [-0.2, -0.15) is 5.10 Å². The Morgan fingerprint density at radius 2 is 2.00 bits per heavy atom. The number of hydrogen-bond acceptors (Lipinski definition) is 9. The summed E-state index contributed by atoms with van der Waals surface area (Å²) in [5.74, 6) is 0.996. The van der Waals surface area contributed by atoms with Gasteiger partial charge in [0.1, 0.15) is 11.6 Å². The van der Waals surface area contributed by atoms with Crippen LogP contribution in [0.4, 0.5) is 11.5 Å². The van der Waals surface area contributed by atoms with Crippen LogP contribution in [0.25, 0.3) is 11.0 Å². The lowest BCUT2D eigenvalue weighted by atomic mass is 10.1. The molecule has 2 saturated heterocycles. The van der Waals surface area contributed by atoms with Crippen LogP contribution in [0.3, 0.4) is 0 Å². The number of morpholine rings is 1. The van der Waals surface area contributed by atoms with Gasteiger partial charge < -0.3 is 24.6 Å². The molecule has 0 aliphatic carbocycles. The number of aromatic nitrogens is 4. The summed E-state index contributed by atoms with van der Waals surface area (Å²) < 4.78 is 12.5. The molecule has 190 valence electrons. The van der Waals surface area contributed by atoms with E-state index in [4.69, 9.17) is 14.5 Å². The number of fused-ring (bicyclic) bond motifs is 1. The highest BCUT2D eigenvalue weighted by Gasteiger charge is 2.35. The van der Waals surface area contributed by atoms with Crippen molar-refractivity contribution in [2.24, 2.45) is 5.92 Å². The number of hydrogen-bond donors (Lipinski definition) is 1. The lowest BCUT2D eigenvalue weighted by Gasteiger charge is -2.28. The first-order valence-corrected chi connectivity index (χ1v) is 13.1. The molecule has 2 fully saturated rings. The average Bonchev–Trinajstić information content (AvgIpc) is 3.52. The van der Waals surface area contributed by atoms with Gasteiger partial charge in [0, 0.05) is 38.3 Å². The number of ether oxygens (including phenoxy) is 2. The molecule has 4 heterocycles. The van der Waals surface area contributed by atoms with Gasteiger partial charge in [-0.1, -0.05) is 11.8 Å². The standard InChI is InChI=1S/C24H29N7O4S/c1-34-18-5-3-17(4-6-18)30-15-16(13-20(30)32)23(33)25-7-8-31-22-19(14-26-31)21(27-24(28-22)36-2)29-9-11-35-12-10-29/h3-6,14,16H,7-13,15H2,1-2H3,(H,25,33). The molecule has 2 aliphatic heterocycles. The molecule has 3 aromatic rings. The molecular weight excluding hydrogens is 482 g/mol. The Labute approximate surface area is 213 Å². The molecule has 12 heteroatoms. The fraction of sp³-hybridized carbons (Fsp3) is 0.458. The molecule has 0 bridgehead atoms. The zero-order valence-corrected chi connectivity index (χ0v) is 21.2. The normalized spacial score (nSPS) is 18.2. The highest BCUT2D eigenvalue weighted by atomic mass is 32.2. The van der Waals surface area contributed by atoms with Crippen LogP contribution < -0.4 is 19.9 Å². The summed E-state index contributed by atoms with van der Waals surface area (Å²) >= 11 is 1.49. The number of anilines is 2. The number of carbonyl (C=O) groups is 2. The minimum atomic E-state index is -0.396. The predicted molar refractivity (Wildman–Crippen MR) is 137 cm³/mol. The van der Waals surface area contributed by atoms with Gasteiger partial charge in [-0.05, 0) is 30.5 Å². The molecular formula is C24H29N7O4S. The maximum Gasteiger partial charge on any atom is 0.227 e. The van der Waals surface area contributed by atoms with E-state index >= 15 is 0 Å². The second-order valence-corrected chi connectivity index (χ2v) is 9.41. The Hall–Kier alpha value is -3.38. The number of nitrogens with one attached hydrogen (secondary N) is 1. The number of thioether (sulfide) groups is 1. The fourth-order valence-corrected chi connectivity index (χ4v) is 4.87. The molecule has 0 radical (unpaired) electrons. The van der Waals surface area contributed by atoms with Crippen LogP contribution in [0, 0.1) is 5.92 Å². The summed E-state index contributed by atoms with van der Waals surface area (Å²) in [6.07, 6.45) is 3.92. The van der Waals surface area contributed by atoms with E-state index in [1.807, 2.05) is 18.4 Å². The van der Waals surface area contributed by atoms with E-state index in [0.29, 0.717) is 38.0 Å². The van der Waals surface area contributed by atoms with Crippen LogP contribution in [-0.4, -0.2) is 84.3 Å². The van der Waals surface area contributed by atoms with Crippen molar-refractivity contribution >= 4 is 46.1 Å². The van der Waals surface area contributed by atoms with Crippen molar-refractivity contribution in [3.63, 3.8) is 0 Å². The predicted octanol–water partition coefficient (Wildman–Crippen LogP) is 1.56. The van der Waals surface area contributed by atoms with Crippen LogP contribution in [0.15, 0.2) is 35.6 Å². The van der Waals surface area contributed by atoms with Gasteiger partial charge in [0.25, 0.3) is 0 Å². The summed E-state index contributed by atoms with van der Waals surface area (Å²) in [6, 6.07) is 7.27. The Kier molecular flexibility index (Phi) is 7.23. The number of benzene rings is 1. The van der Waals surface area contributed by atoms with Crippen LogP contribution in [0.5, 0.6) is 5.75 Å². The second-order valence-electron chi connectivity index (χ2n) is 8.63. The van der Waals surface area contributed by atoms with Crippen LogP contribution in [0.2, 0.25) is 0 Å². The fourth-order valence-electron chi connectivity index (χ4n) is 4.52. The molecule has 0 spiro atoms. The smallest absolute Gasteiger partial charge is 0.227 e. The molecule has 2 aromatic heterocycles. The summed E-state index contributed by atoms with van der Waals surface area (Å²) in [5, 5.41) is 9.06. The minimum Gasteiger partial charge on any atom is -0.497 e. The van der Waals surface area contributed by atoms with Gasteiger partial charge in [0.05, 0.1) is 44.4 Å². The topological polar surface area (TPSA) is 115 Å². The first-order chi connectivity index (χ1) is 17.6. The number of methoxy groups -OCH3 is 1. The van der Waals surface area contributed by atoms with Crippen molar-refractivity contribution in [3.05, 3.63) is 30.5 Å². The highest BCUT2D eigenvalue weighted by molar-refractivity contribution is 7.98. The van der Waals surface area contributed by atoms with Gasteiger partial charge in [-0.3, -0.25) is 9.59 Å². The minimum absolute atomic E-state index is 0.0599. The zero-order valence-electron chi connectivity index (χ0n) is 20.3. The van der Waals surface area contributed by atoms with E-state index in [2.05, 4.69) is 20.3 Å².